The first kappa shape index (κ1) is 14.3. The average Bonchev–Trinajstić information content (AvgIpc) is 3.00. The second-order valence-electron chi connectivity index (χ2n) is 7.06. The minimum absolute atomic E-state index is 0.0640. The molecule has 4 rings (SSSR count). The van der Waals surface area contributed by atoms with Gasteiger partial charge in [-0.15, -0.1) is 0 Å². The van der Waals surface area contributed by atoms with E-state index in [4.69, 9.17) is 4.74 Å². The van der Waals surface area contributed by atoms with Gasteiger partial charge < -0.3 is 4.74 Å². The molecule has 1 aliphatic heterocycles. The molecule has 0 spiro atoms. The summed E-state index contributed by atoms with van der Waals surface area (Å²) in [4.78, 5) is 0. The molecule has 0 N–H and O–H groups in total. The number of aryl methyl sites for hydroxylation is 2. The summed E-state index contributed by atoms with van der Waals surface area (Å²) in [7, 11) is 0. The number of hydrogen-bond acceptors (Lipinski definition) is 2. The van der Waals surface area contributed by atoms with Gasteiger partial charge in [0.2, 0.25) is 0 Å². The molecule has 1 saturated carbocycles. The number of benzene rings is 2. The minimum atomic E-state index is 0.0640. The van der Waals surface area contributed by atoms with Gasteiger partial charge >= 0.3 is 0 Å². The first-order valence-corrected chi connectivity index (χ1v) is 8.39. The first-order valence-electron chi connectivity index (χ1n) is 8.39. The van der Waals surface area contributed by atoms with Crippen molar-refractivity contribution < 1.29 is 4.74 Å². The third-order valence-electron chi connectivity index (χ3n) is 5.41. The summed E-state index contributed by atoms with van der Waals surface area (Å²) in [6, 6.07) is 17.6. The zero-order valence-corrected chi connectivity index (χ0v) is 13.6. The van der Waals surface area contributed by atoms with Crippen molar-refractivity contribution in [3.05, 3.63) is 64.7 Å². The number of nitriles is 1. The molecule has 0 bridgehead atoms. The molecule has 0 unspecified atom stereocenters. The Kier molecular flexibility index (Phi) is 3.38. The van der Waals surface area contributed by atoms with Crippen molar-refractivity contribution in [3.63, 3.8) is 0 Å². The van der Waals surface area contributed by atoms with Gasteiger partial charge in [-0.25, -0.2) is 0 Å². The molecule has 0 amide bonds. The van der Waals surface area contributed by atoms with E-state index in [2.05, 4.69) is 62.4 Å². The predicted molar refractivity (Wildman–Crippen MR) is 90.3 cm³/mol. The highest BCUT2D eigenvalue weighted by Gasteiger charge is 2.45. The number of rotatable bonds is 1. The largest absolute Gasteiger partial charge is 0.485 e. The van der Waals surface area contributed by atoms with E-state index in [1.807, 2.05) is 0 Å². The topological polar surface area (TPSA) is 33.0 Å². The van der Waals surface area contributed by atoms with Crippen LogP contribution in [-0.2, 0) is 0 Å². The molecule has 1 fully saturated rings. The SMILES string of the molecule is Cc1ccc([C@@H]2Oc3ccc(C)cc3[C@@H]3C[C@H](C#N)C[C@@H]32)cc1. The lowest BCUT2D eigenvalue weighted by molar-refractivity contribution is 0.103. The van der Waals surface area contributed by atoms with E-state index in [1.165, 1.54) is 22.3 Å². The fourth-order valence-electron chi connectivity index (χ4n) is 4.23. The maximum Gasteiger partial charge on any atom is 0.127 e. The van der Waals surface area contributed by atoms with Crippen LogP contribution < -0.4 is 4.74 Å². The van der Waals surface area contributed by atoms with Crippen LogP contribution in [0.5, 0.6) is 5.75 Å². The summed E-state index contributed by atoms with van der Waals surface area (Å²) in [5, 5.41) is 9.42. The zero-order chi connectivity index (χ0) is 16.0. The van der Waals surface area contributed by atoms with Crippen molar-refractivity contribution in [1.29, 1.82) is 5.26 Å². The van der Waals surface area contributed by atoms with E-state index in [1.54, 1.807) is 0 Å². The Balaban J connectivity index is 1.78. The van der Waals surface area contributed by atoms with Crippen LogP contribution in [0.4, 0.5) is 0 Å². The Morgan fingerprint density at radius 1 is 1.00 bits per heavy atom. The van der Waals surface area contributed by atoms with Crippen molar-refractivity contribution in [3.8, 4) is 11.8 Å². The summed E-state index contributed by atoms with van der Waals surface area (Å²) in [6.45, 7) is 4.23. The molecular weight excluding hydrogens is 282 g/mol. The molecule has 0 saturated heterocycles. The summed E-state index contributed by atoms with van der Waals surface area (Å²) < 4.78 is 6.41. The van der Waals surface area contributed by atoms with Gasteiger partial charge in [0, 0.05) is 11.8 Å². The minimum Gasteiger partial charge on any atom is -0.485 e. The van der Waals surface area contributed by atoms with Crippen LogP contribution >= 0.6 is 0 Å². The second-order valence-corrected chi connectivity index (χ2v) is 7.06. The van der Waals surface area contributed by atoms with Crippen LogP contribution in [-0.4, -0.2) is 0 Å². The number of nitrogens with zero attached hydrogens (tertiary/aromatic N) is 1. The molecule has 4 atom stereocenters. The van der Waals surface area contributed by atoms with Gasteiger partial charge in [-0.2, -0.15) is 5.26 Å². The van der Waals surface area contributed by atoms with Crippen LogP contribution in [0.3, 0.4) is 0 Å². The van der Waals surface area contributed by atoms with Gasteiger partial charge in [-0.1, -0.05) is 47.5 Å². The van der Waals surface area contributed by atoms with Crippen molar-refractivity contribution >= 4 is 0 Å². The number of ether oxygens (including phenoxy) is 1. The lowest BCUT2D eigenvalue weighted by atomic mass is 9.79. The molecule has 116 valence electrons. The van der Waals surface area contributed by atoms with E-state index in [0.717, 1.165) is 18.6 Å². The molecule has 23 heavy (non-hydrogen) atoms. The Labute approximate surface area is 137 Å². The van der Waals surface area contributed by atoms with Crippen LogP contribution in [0.1, 0.15) is 47.1 Å². The predicted octanol–water partition coefficient (Wildman–Crippen LogP) is 5.07. The normalized spacial score (nSPS) is 28.4. The standard InChI is InChI=1S/C21H21NO/c1-13-3-6-16(7-4-13)21-19-11-15(12-22)10-17(19)18-9-14(2)5-8-20(18)23-21/h3-9,15,17,19,21H,10-11H2,1-2H3/t15-,17-,19-,21-/m0/s1. The lowest BCUT2D eigenvalue weighted by Gasteiger charge is -2.36. The van der Waals surface area contributed by atoms with Gasteiger partial charge in [0.1, 0.15) is 11.9 Å². The highest BCUT2D eigenvalue weighted by atomic mass is 16.5. The molecule has 0 radical (unpaired) electrons. The van der Waals surface area contributed by atoms with Crippen molar-refractivity contribution in [2.24, 2.45) is 11.8 Å². The van der Waals surface area contributed by atoms with Gasteiger partial charge in [0.25, 0.3) is 0 Å². The first-order chi connectivity index (χ1) is 11.2. The Hall–Kier alpha value is -2.27. The average molecular weight is 303 g/mol. The van der Waals surface area contributed by atoms with E-state index >= 15 is 0 Å². The molecule has 2 nitrogen and oxygen atoms in total. The van der Waals surface area contributed by atoms with Gasteiger partial charge in [0.05, 0.1) is 6.07 Å². The van der Waals surface area contributed by atoms with Crippen molar-refractivity contribution in [1.82, 2.24) is 0 Å². The number of hydrogen-bond donors (Lipinski definition) is 0. The summed E-state index contributed by atoms with van der Waals surface area (Å²) in [5.74, 6) is 1.99. The zero-order valence-electron chi connectivity index (χ0n) is 13.6. The van der Waals surface area contributed by atoms with Crippen LogP contribution in [0.15, 0.2) is 42.5 Å². The third-order valence-corrected chi connectivity index (χ3v) is 5.41. The second kappa shape index (κ2) is 5.42. The number of fused-ring (bicyclic) bond motifs is 3. The molecule has 2 aromatic carbocycles. The summed E-state index contributed by atoms with van der Waals surface area (Å²) in [6.07, 6.45) is 1.96. The van der Waals surface area contributed by atoms with E-state index < -0.39 is 0 Å². The van der Waals surface area contributed by atoms with Crippen LogP contribution in [0.2, 0.25) is 0 Å². The van der Waals surface area contributed by atoms with Crippen LogP contribution in [0, 0.1) is 37.0 Å². The smallest absolute Gasteiger partial charge is 0.127 e. The van der Waals surface area contributed by atoms with Gasteiger partial charge in [0.15, 0.2) is 0 Å². The van der Waals surface area contributed by atoms with E-state index in [9.17, 15) is 5.26 Å². The Morgan fingerprint density at radius 3 is 2.48 bits per heavy atom. The fourth-order valence-corrected chi connectivity index (χ4v) is 4.23. The highest BCUT2D eigenvalue weighted by molar-refractivity contribution is 5.44. The Bertz CT molecular complexity index is 771. The molecular formula is C21H21NO. The maximum absolute atomic E-state index is 9.42. The van der Waals surface area contributed by atoms with Gasteiger partial charge in [-0.05, 0) is 49.8 Å². The summed E-state index contributed by atoms with van der Waals surface area (Å²) >= 11 is 0. The Morgan fingerprint density at radius 2 is 1.74 bits per heavy atom. The maximum atomic E-state index is 9.42. The molecule has 1 heterocycles. The molecule has 2 aromatic rings. The van der Waals surface area contributed by atoms with Gasteiger partial charge in [-0.3, -0.25) is 0 Å². The molecule has 1 aliphatic carbocycles. The fraction of sp³-hybridized carbons (Fsp3) is 0.381. The van der Waals surface area contributed by atoms with Crippen molar-refractivity contribution in [2.75, 3.05) is 0 Å². The van der Waals surface area contributed by atoms with E-state index in [-0.39, 0.29) is 12.0 Å². The molecule has 2 heteroatoms. The quantitative estimate of drug-likeness (QED) is 0.736. The van der Waals surface area contributed by atoms with E-state index in [0.29, 0.717) is 11.8 Å². The summed E-state index contributed by atoms with van der Waals surface area (Å²) in [5.41, 5.74) is 5.06. The lowest BCUT2D eigenvalue weighted by Crippen LogP contribution is -2.26. The molecule has 0 aromatic heterocycles. The highest BCUT2D eigenvalue weighted by Crippen LogP contribution is 2.55. The van der Waals surface area contributed by atoms with Crippen LogP contribution in [0.25, 0.3) is 0 Å². The molecule has 2 aliphatic rings. The van der Waals surface area contributed by atoms with Crippen molar-refractivity contribution in [2.45, 2.75) is 38.7 Å². The monoisotopic (exact) mass is 303 g/mol. The third kappa shape index (κ3) is 2.41.